The standard InChI is InChI=1S/C22H36N2/c23-15-6-4-2-1-3-5-12-22-13-7-9-19(11-14-22)17-21(22)20-10-8-16-24-18-20/h8,10,16,18-19,21H,1-7,9,11-15,17,23H2. The zero-order valence-corrected chi connectivity index (χ0v) is 15.4. The summed E-state index contributed by atoms with van der Waals surface area (Å²) in [5, 5.41) is 0. The summed E-state index contributed by atoms with van der Waals surface area (Å²) in [6, 6.07) is 4.48. The SMILES string of the molecule is NCCCCCCCCC12CCCC(CC1)CC2c1cccnc1. The van der Waals surface area contributed by atoms with Crippen LogP contribution in [0.2, 0.25) is 0 Å². The molecule has 2 N–H and O–H groups in total. The summed E-state index contributed by atoms with van der Waals surface area (Å²) in [5.41, 5.74) is 7.68. The van der Waals surface area contributed by atoms with Crippen molar-refractivity contribution in [3.8, 4) is 0 Å². The van der Waals surface area contributed by atoms with Gasteiger partial charge in [0.2, 0.25) is 0 Å². The zero-order chi connectivity index (χ0) is 16.7. The molecule has 2 heteroatoms. The average Bonchev–Trinajstić information content (AvgIpc) is 2.94. The number of pyridine rings is 1. The number of hydrogen-bond acceptors (Lipinski definition) is 2. The number of unbranched alkanes of at least 4 members (excludes halogenated alkanes) is 5. The fourth-order valence-corrected chi connectivity index (χ4v) is 5.50. The van der Waals surface area contributed by atoms with Crippen LogP contribution in [0.5, 0.6) is 0 Å². The molecule has 3 saturated carbocycles. The minimum absolute atomic E-state index is 0.577. The Bertz CT molecular complexity index is 468. The maximum Gasteiger partial charge on any atom is 0.0302 e. The fraction of sp³-hybridized carbons (Fsp3) is 0.773. The number of nitrogens with zero attached hydrogens (tertiary/aromatic N) is 1. The van der Waals surface area contributed by atoms with Crippen molar-refractivity contribution in [2.75, 3.05) is 6.54 Å². The van der Waals surface area contributed by atoms with Gasteiger partial charge in [0.1, 0.15) is 0 Å². The molecule has 3 aliphatic rings. The van der Waals surface area contributed by atoms with Gasteiger partial charge in [0, 0.05) is 12.4 Å². The molecule has 1 aromatic rings. The zero-order valence-electron chi connectivity index (χ0n) is 15.4. The third kappa shape index (κ3) is 4.39. The lowest BCUT2D eigenvalue weighted by Gasteiger charge is -2.45. The van der Waals surface area contributed by atoms with E-state index < -0.39 is 0 Å². The van der Waals surface area contributed by atoms with Crippen LogP contribution in [-0.4, -0.2) is 11.5 Å². The van der Waals surface area contributed by atoms with Crippen LogP contribution in [-0.2, 0) is 0 Å². The molecule has 3 atom stereocenters. The summed E-state index contributed by atoms with van der Waals surface area (Å²) in [5.74, 6) is 1.74. The van der Waals surface area contributed by atoms with Crippen LogP contribution in [0, 0.1) is 11.3 Å². The molecule has 24 heavy (non-hydrogen) atoms. The molecule has 1 heterocycles. The van der Waals surface area contributed by atoms with Crippen molar-refractivity contribution in [3.63, 3.8) is 0 Å². The molecule has 3 aliphatic carbocycles. The first kappa shape index (κ1) is 17.9. The van der Waals surface area contributed by atoms with E-state index >= 15 is 0 Å². The van der Waals surface area contributed by atoms with Crippen LogP contribution in [0.1, 0.15) is 95.0 Å². The first-order chi connectivity index (χ1) is 11.8. The molecule has 2 bridgehead atoms. The maximum atomic E-state index is 5.59. The van der Waals surface area contributed by atoms with Crippen LogP contribution in [0.25, 0.3) is 0 Å². The van der Waals surface area contributed by atoms with E-state index in [1.165, 1.54) is 89.0 Å². The molecule has 0 radical (unpaired) electrons. The Morgan fingerprint density at radius 1 is 1.04 bits per heavy atom. The number of rotatable bonds is 9. The molecule has 1 aromatic heterocycles. The molecule has 0 aliphatic heterocycles. The minimum Gasteiger partial charge on any atom is -0.330 e. The maximum absolute atomic E-state index is 5.59. The average molecular weight is 329 g/mol. The summed E-state index contributed by atoms with van der Waals surface area (Å²) < 4.78 is 0. The van der Waals surface area contributed by atoms with Crippen LogP contribution in [0.4, 0.5) is 0 Å². The van der Waals surface area contributed by atoms with Gasteiger partial charge in [0.05, 0.1) is 0 Å². The van der Waals surface area contributed by atoms with Crippen LogP contribution in [0.15, 0.2) is 24.5 Å². The van der Waals surface area contributed by atoms with Gasteiger partial charge in [0.15, 0.2) is 0 Å². The predicted octanol–water partition coefficient (Wildman–Crippen LogP) is 5.83. The second-order valence-corrected chi connectivity index (χ2v) is 8.39. The van der Waals surface area contributed by atoms with Crippen molar-refractivity contribution >= 4 is 0 Å². The molecule has 0 spiro atoms. The summed E-state index contributed by atoms with van der Waals surface area (Å²) >= 11 is 0. The van der Waals surface area contributed by atoms with Gasteiger partial charge in [-0.2, -0.15) is 0 Å². The third-order valence-electron chi connectivity index (χ3n) is 6.86. The van der Waals surface area contributed by atoms with E-state index in [2.05, 4.69) is 23.3 Å². The van der Waals surface area contributed by atoms with Crippen molar-refractivity contribution in [2.24, 2.45) is 17.1 Å². The second-order valence-electron chi connectivity index (χ2n) is 8.39. The molecular formula is C22H36N2. The first-order valence-corrected chi connectivity index (χ1v) is 10.4. The molecule has 2 nitrogen and oxygen atoms in total. The highest BCUT2D eigenvalue weighted by Gasteiger charge is 2.45. The van der Waals surface area contributed by atoms with E-state index in [1.54, 1.807) is 0 Å². The smallest absolute Gasteiger partial charge is 0.0302 e. The van der Waals surface area contributed by atoms with E-state index in [4.69, 9.17) is 5.73 Å². The number of nitrogens with two attached hydrogens (primary N) is 1. The Hall–Kier alpha value is -0.890. The quantitative estimate of drug-likeness (QED) is 0.580. The van der Waals surface area contributed by atoms with Gasteiger partial charge in [-0.15, -0.1) is 0 Å². The highest BCUT2D eigenvalue weighted by molar-refractivity contribution is 5.20. The molecule has 0 saturated heterocycles. The first-order valence-electron chi connectivity index (χ1n) is 10.4. The lowest BCUT2D eigenvalue weighted by molar-refractivity contribution is 0.115. The highest BCUT2D eigenvalue weighted by atomic mass is 14.6. The van der Waals surface area contributed by atoms with Crippen molar-refractivity contribution in [1.29, 1.82) is 0 Å². The van der Waals surface area contributed by atoms with E-state index in [-0.39, 0.29) is 0 Å². The monoisotopic (exact) mass is 328 g/mol. The summed E-state index contributed by atoms with van der Waals surface area (Å²) in [6.45, 7) is 0.858. The summed E-state index contributed by atoms with van der Waals surface area (Å²) in [4.78, 5) is 4.43. The van der Waals surface area contributed by atoms with Crippen molar-refractivity contribution in [3.05, 3.63) is 30.1 Å². The number of aromatic nitrogens is 1. The van der Waals surface area contributed by atoms with Crippen molar-refractivity contribution < 1.29 is 0 Å². The molecule has 134 valence electrons. The fourth-order valence-electron chi connectivity index (χ4n) is 5.50. The molecular weight excluding hydrogens is 292 g/mol. The van der Waals surface area contributed by atoms with Gasteiger partial charge >= 0.3 is 0 Å². The Kier molecular flexibility index (Phi) is 6.71. The third-order valence-corrected chi connectivity index (χ3v) is 6.86. The van der Waals surface area contributed by atoms with Gasteiger partial charge in [-0.05, 0) is 74.0 Å². The van der Waals surface area contributed by atoms with Gasteiger partial charge in [0.25, 0.3) is 0 Å². The van der Waals surface area contributed by atoms with Gasteiger partial charge in [-0.1, -0.05) is 51.0 Å². The predicted molar refractivity (Wildman–Crippen MR) is 102 cm³/mol. The molecule has 0 aromatic carbocycles. The molecule has 3 unspecified atom stereocenters. The van der Waals surface area contributed by atoms with Crippen LogP contribution < -0.4 is 5.73 Å². The van der Waals surface area contributed by atoms with Gasteiger partial charge in [-0.3, -0.25) is 4.98 Å². The van der Waals surface area contributed by atoms with E-state index in [0.717, 1.165) is 18.4 Å². The highest BCUT2D eigenvalue weighted by Crippen LogP contribution is 2.58. The molecule has 3 fully saturated rings. The number of fused-ring (bicyclic) bond motifs is 4. The Labute approximate surface area is 148 Å². The van der Waals surface area contributed by atoms with E-state index in [1.807, 2.05) is 6.20 Å². The van der Waals surface area contributed by atoms with Gasteiger partial charge < -0.3 is 5.73 Å². The van der Waals surface area contributed by atoms with E-state index in [0.29, 0.717) is 5.41 Å². The van der Waals surface area contributed by atoms with Crippen molar-refractivity contribution in [1.82, 2.24) is 4.98 Å². The van der Waals surface area contributed by atoms with Crippen molar-refractivity contribution in [2.45, 2.75) is 89.4 Å². The van der Waals surface area contributed by atoms with E-state index in [9.17, 15) is 0 Å². The Balaban J connectivity index is 1.58. The molecule has 4 rings (SSSR count). The Morgan fingerprint density at radius 2 is 1.88 bits per heavy atom. The largest absolute Gasteiger partial charge is 0.330 e. The second kappa shape index (κ2) is 8.99. The van der Waals surface area contributed by atoms with Crippen LogP contribution in [0.3, 0.4) is 0 Å². The lowest BCUT2D eigenvalue weighted by atomic mass is 9.60. The minimum atomic E-state index is 0.577. The summed E-state index contributed by atoms with van der Waals surface area (Å²) in [6.07, 6.45) is 22.4. The topological polar surface area (TPSA) is 38.9 Å². The molecule has 0 amide bonds. The lowest BCUT2D eigenvalue weighted by Crippen LogP contribution is -2.33. The summed E-state index contributed by atoms with van der Waals surface area (Å²) in [7, 11) is 0. The van der Waals surface area contributed by atoms with Gasteiger partial charge in [-0.25, -0.2) is 0 Å². The van der Waals surface area contributed by atoms with Crippen LogP contribution >= 0.6 is 0 Å². The Morgan fingerprint density at radius 3 is 2.67 bits per heavy atom. The normalized spacial score (nSPS) is 29.5. The number of hydrogen-bond donors (Lipinski definition) is 1.